The van der Waals surface area contributed by atoms with Crippen molar-refractivity contribution in [1.29, 1.82) is 0 Å². The van der Waals surface area contributed by atoms with Crippen LogP contribution in [0, 0.1) is 0 Å². The third-order valence-corrected chi connectivity index (χ3v) is 0.859. The van der Waals surface area contributed by atoms with Crippen molar-refractivity contribution in [2.24, 2.45) is 4.99 Å². The largest absolute Gasteiger partial charge is 0.296 e. The molecule has 0 aliphatic rings. The van der Waals surface area contributed by atoms with Crippen molar-refractivity contribution in [3.63, 3.8) is 0 Å². The number of hydrogen-bond acceptors (Lipinski definition) is 3. The van der Waals surface area contributed by atoms with Gasteiger partial charge in [0, 0.05) is 31.2 Å². The van der Waals surface area contributed by atoms with Gasteiger partial charge in [-0.1, -0.05) is 0 Å². The molecule has 0 aliphatic heterocycles. The smallest absolute Gasteiger partial charge is 0.115 e. The second-order valence-electron chi connectivity index (χ2n) is 1.56. The Morgan fingerprint density at radius 1 is 1.44 bits per heavy atom. The van der Waals surface area contributed by atoms with E-state index in [0.717, 1.165) is 5.56 Å². The quantitative estimate of drug-likeness (QED) is 0.508. The van der Waals surface area contributed by atoms with E-state index in [-0.39, 0.29) is 0 Å². The highest BCUT2D eigenvalue weighted by atomic mass is 14.8. The molecule has 0 saturated heterocycles. The number of nitrogens with zero attached hydrogens (tertiary/aromatic N) is 3. The van der Waals surface area contributed by atoms with Gasteiger partial charge in [0.2, 0.25) is 0 Å². The fraction of sp³-hybridized carbons (Fsp3) is 0.167. The summed E-state index contributed by atoms with van der Waals surface area (Å²) in [6.07, 6.45) is 6.62. The standard InChI is InChI=1S/C6H7N3/c1-7-2-6-3-8-5-9-4-6/h2-5H,1H3. The Hall–Kier alpha value is -1.25. The fourth-order valence-electron chi connectivity index (χ4n) is 0.526. The zero-order valence-electron chi connectivity index (χ0n) is 5.15. The SMILES string of the molecule is CN=Cc1cncnc1. The number of rotatable bonds is 1. The van der Waals surface area contributed by atoms with E-state index < -0.39 is 0 Å². The van der Waals surface area contributed by atoms with Crippen molar-refractivity contribution in [2.45, 2.75) is 0 Å². The molecule has 9 heavy (non-hydrogen) atoms. The van der Waals surface area contributed by atoms with Gasteiger partial charge in [-0.25, -0.2) is 9.97 Å². The van der Waals surface area contributed by atoms with Crippen LogP contribution in [0.25, 0.3) is 0 Å². The van der Waals surface area contributed by atoms with Crippen molar-refractivity contribution in [1.82, 2.24) is 9.97 Å². The van der Waals surface area contributed by atoms with Gasteiger partial charge < -0.3 is 0 Å². The molecule has 46 valence electrons. The Balaban J connectivity index is 2.85. The molecule has 1 rings (SSSR count). The summed E-state index contributed by atoms with van der Waals surface area (Å²) >= 11 is 0. The van der Waals surface area contributed by atoms with Crippen LogP contribution in [0.3, 0.4) is 0 Å². The van der Waals surface area contributed by atoms with E-state index in [1.807, 2.05) is 0 Å². The van der Waals surface area contributed by atoms with Crippen LogP contribution in [0.4, 0.5) is 0 Å². The Morgan fingerprint density at radius 3 is 2.67 bits per heavy atom. The molecule has 1 heterocycles. The van der Waals surface area contributed by atoms with Crippen LogP contribution >= 0.6 is 0 Å². The van der Waals surface area contributed by atoms with Gasteiger partial charge >= 0.3 is 0 Å². The summed E-state index contributed by atoms with van der Waals surface area (Å²) in [4.78, 5) is 11.4. The summed E-state index contributed by atoms with van der Waals surface area (Å²) in [5.74, 6) is 0. The van der Waals surface area contributed by atoms with Crippen LogP contribution in [0.2, 0.25) is 0 Å². The molecule has 0 unspecified atom stereocenters. The maximum absolute atomic E-state index is 3.80. The minimum absolute atomic E-state index is 0.931. The zero-order chi connectivity index (χ0) is 6.53. The summed E-state index contributed by atoms with van der Waals surface area (Å²) in [5.41, 5.74) is 0.931. The molecule has 3 heteroatoms. The average molecular weight is 121 g/mol. The van der Waals surface area contributed by atoms with Gasteiger partial charge in [-0.15, -0.1) is 0 Å². The summed E-state index contributed by atoms with van der Waals surface area (Å²) < 4.78 is 0. The Morgan fingerprint density at radius 2 is 2.11 bits per heavy atom. The van der Waals surface area contributed by atoms with E-state index in [2.05, 4.69) is 15.0 Å². The number of aromatic nitrogens is 2. The van der Waals surface area contributed by atoms with Crippen molar-refractivity contribution in [3.8, 4) is 0 Å². The lowest BCUT2D eigenvalue weighted by Gasteiger charge is -1.84. The molecule has 0 radical (unpaired) electrons. The zero-order valence-corrected chi connectivity index (χ0v) is 5.15. The van der Waals surface area contributed by atoms with Crippen LogP contribution in [0.5, 0.6) is 0 Å². The molecule has 0 saturated carbocycles. The highest BCUT2D eigenvalue weighted by molar-refractivity contribution is 5.78. The normalized spacial score (nSPS) is 10.3. The first-order chi connectivity index (χ1) is 4.43. The first-order valence-electron chi connectivity index (χ1n) is 2.60. The molecule has 0 aromatic carbocycles. The van der Waals surface area contributed by atoms with Gasteiger partial charge in [0.05, 0.1) is 0 Å². The van der Waals surface area contributed by atoms with E-state index in [1.165, 1.54) is 6.33 Å². The molecule has 0 fully saturated rings. The second-order valence-corrected chi connectivity index (χ2v) is 1.56. The van der Waals surface area contributed by atoms with Gasteiger partial charge in [-0.05, 0) is 0 Å². The lowest BCUT2D eigenvalue weighted by molar-refractivity contribution is 1.16. The van der Waals surface area contributed by atoms with Gasteiger partial charge in [0.25, 0.3) is 0 Å². The summed E-state index contributed by atoms with van der Waals surface area (Å²) in [7, 11) is 1.72. The Labute approximate surface area is 53.5 Å². The molecule has 0 aliphatic carbocycles. The molecule has 3 nitrogen and oxygen atoms in total. The predicted octanol–water partition coefficient (Wildman–Crippen LogP) is 0.525. The van der Waals surface area contributed by atoms with Crippen LogP contribution in [0.15, 0.2) is 23.7 Å². The first-order valence-corrected chi connectivity index (χ1v) is 2.60. The molecular weight excluding hydrogens is 114 g/mol. The van der Waals surface area contributed by atoms with Crippen molar-refractivity contribution in [2.75, 3.05) is 7.05 Å². The summed E-state index contributed by atoms with van der Waals surface area (Å²) in [6.45, 7) is 0. The second kappa shape index (κ2) is 2.91. The van der Waals surface area contributed by atoms with Crippen LogP contribution in [0.1, 0.15) is 5.56 Å². The van der Waals surface area contributed by atoms with Gasteiger partial charge in [0.1, 0.15) is 6.33 Å². The van der Waals surface area contributed by atoms with Crippen LogP contribution in [-0.2, 0) is 0 Å². The highest BCUT2D eigenvalue weighted by Gasteiger charge is 1.81. The number of aliphatic imine (C=N–C) groups is 1. The molecule has 0 spiro atoms. The van der Waals surface area contributed by atoms with Crippen molar-refractivity contribution in [3.05, 3.63) is 24.3 Å². The third kappa shape index (κ3) is 1.60. The van der Waals surface area contributed by atoms with E-state index in [1.54, 1.807) is 25.7 Å². The van der Waals surface area contributed by atoms with Gasteiger partial charge in [-0.2, -0.15) is 0 Å². The fourth-order valence-corrected chi connectivity index (χ4v) is 0.526. The molecule has 0 N–H and O–H groups in total. The Kier molecular flexibility index (Phi) is 1.90. The van der Waals surface area contributed by atoms with Crippen molar-refractivity contribution >= 4 is 6.21 Å². The molecule has 0 bridgehead atoms. The first kappa shape index (κ1) is 5.88. The lowest BCUT2D eigenvalue weighted by Crippen LogP contribution is -1.83. The summed E-state index contributed by atoms with van der Waals surface area (Å²) in [5, 5.41) is 0. The minimum Gasteiger partial charge on any atom is -0.296 e. The van der Waals surface area contributed by atoms with E-state index >= 15 is 0 Å². The molecular formula is C6H7N3. The Bertz CT molecular complexity index is 193. The molecule has 1 aromatic heterocycles. The average Bonchev–Trinajstić information content (AvgIpc) is 1.91. The van der Waals surface area contributed by atoms with Crippen molar-refractivity contribution < 1.29 is 0 Å². The molecule has 1 aromatic rings. The van der Waals surface area contributed by atoms with E-state index in [4.69, 9.17) is 0 Å². The highest BCUT2D eigenvalue weighted by Crippen LogP contribution is 1.85. The number of hydrogen-bond donors (Lipinski definition) is 0. The molecule has 0 atom stereocenters. The summed E-state index contributed by atoms with van der Waals surface area (Å²) in [6, 6.07) is 0. The van der Waals surface area contributed by atoms with Crippen LogP contribution in [-0.4, -0.2) is 23.2 Å². The van der Waals surface area contributed by atoms with Gasteiger partial charge in [-0.3, -0.25) is 4.99 Å². The lowest BCUT2D eigenvalue weighted by atomic mass is 10.4. The third-order valence-electron chi connectivity index (χ3n) is 0.859. The maximum Gasteiger partial charge on any atom is 0.115 e. The van der Waals surface area contributed by atoms with E-state index in [9.17, 15) is 0 Å². The monoisotopic (exact) mass is 121 g/mol. The topological polar surface area (TPSA) is 38.1 Å². The molecule has 0 amide bonds. The predicted molar refractivity (Wildman–Crippen MR) is 35.6 cm³/mol. The van der Waals surface area contributed by atoms with Crippen LogP contribution < -0.4 is 0 Å². The maximum atomic E-state index is 3.80. The van der Waals surface area contributed by atoms with Gasteiger partial charge in [0.15, 0.2) is 0 Å². The van der Waals surface area contributed by atoms with E-state index in [0.29, 0.717) is 0 Å². The minimum atomic E-state index is 0.931.